The molecular formula is C23H23F2N5. The van der Waals surface area contributed by atoms with E-state index in [0.29, 0.717) is 34.9 Å². The van der Waals surface area contributed by atoms with Gasteiger partial charge in [-0.15, -0.1) is 10.2 Å². The van der Waals surface area contributed by atoms with Crippen molar-refractivity contribution < 1.29 is 8.78 Å². The van der Waals surface area contributed by atoms with E-state index in [0.717, 1.165) is 27.7 Å². The van der Waals surface area contributed by atoms with Crippen LogP contribution in [0.15, 0.2) is 24.4 Å². The number of aromatic amines is 1. The third-order valence-electron chi connectivity index (χ3n) is 6.00. The molecule has 5 nitrogen and oxygen atoms in total. The zero-order valence-corrected chi connectivity index (χ0v) is 17.6. The predicted octanol–water partition coefficient (Wildman–Crippen LogP) is 5.53. The summed E-state index contributed by atoms with van der Waals surface area (Å²) in [6.07, 6.45) is 2.51. The molecule has 0 bridgehead atoms. The molecule has 1 aliphatic rings. The Balaban J connectivity index is 1.89. The van der Waals surface area contributed by atoms with Gasteiger partial charge in [-0.2, -0.15) is 0 Å². The number of fused-ring (bicyclic) bond motifs is 4. The van der Waals surface area contributed by atoms with Gasteiger partial charge in [-0.05, 0) is 63.4 Å². The van der Waals surface area contributed by atoms with Crippen molar-refractivity contribution in [2.75, 3.05) is 5.32 Å². The van der Waals surface area contributed by atoms with Gasteiger partial charge in [0, 0.05) is 22.7 Å². The molecule has 0 aliphatic carbocycles. The van der Waals surface area contributed by atoms with E-state index in [1.54, 1.807) is 4.57 Å². The molecule has 30 heavy (non-hydrogen) atoms. The van der Waals surface area contributed by atoms with Crippen molar-refractivity contribution in [1.29, 1.82) is 0 Å². The predicted molar refractivity (Wildman–Crippen MR) is 114 cm³/mol. The number of aromatic nitrogens is 4. The number of aryl methyl sites for hydroxylation is 3. The van der Waals surface area contributed by atoms with Gasteiger partial charge in [-0.3, -0.25) is 4.57 Å². The number of H-pyrrole nitrogens is 1. The van der Waals surface area contributed by atoms with Crippen molar-refractivity contribution in [3.05, 3.63) is 58.8 Å². The average molecular weight is 407 g/mol. The van der Waals surface area contributed by atoms with Crippen molar-refractivity contribution in [2.24, 2.45) is 0 Å². The van der Waals surface area contributed by atoms with E-state index in [4.69, 9.17) is 0 Å². The lowest BCUT2D eigenvalue weighted by Crippen LogP contribution is -2.37. The summed E-state index contributed by atoms with van der Waals surface area (Å²) in [5, 5.41) is 12.7. The Hall–Kier alpha value is -3.22. The van der Waals surface area contributed by atoms with E-state index >= 15 is 4.39 Å². The summed E-state index contributed by atoms with van der Waals surface area (Å²) < 4.78 is 32.4. The molecule has 2 aromatic carbocycles. The molecule has 3 heterocycles. The van der Waals surface area contributed by atoms with Crippen LogP contribution < -0.4 is 5.32 Å². The highest BCUT2D eigenvalue weighted by atomic mass is 19.1. The van der Waals surface area contributed by atoms with Crippen LogP contribution in [-0.4, -0.2) is 19.7 Å². The van der Waals surface area contributed by atoms with Crippen molar-refractivity contribution in [1.82, 2.24) is 19.7 Å². The Labute approximate surface area is 173 Å². The zero-order valence-electron chi connectivity index (χ0n) is 17.6. The largest absolute Gasteiger partial charge is 0.371 e. The fourth-order valence-corrected chi connectivity index (χ4v) is 4.47. The van der Waals surface area contributed by atoms with E-state index in [2.05, 4.69) is 20.5 Å². The molecule has 1 aliphatic heterocycles. The fraction of sp³-hybridized carbons (Fsp3) is 0.304. The van der Waals surface area contributed by atoms with Gasteiger partial charge in [0.05, 0.1) is 16.7 Å². The number of anilines is 1. The molecule has 0 saturated heterocycles. The van der Waals surface area contributed by atoms with E-state index in [-0.39, 0.29) is 0 Å². The monoisotopic (exact) mass is 407 g/mol. The lowest BCUT2D eigenvalue weighted by atomic mass is 9.92. The van der Waals surface area contributed by atoms with Crippen LogP contribution >= 0.6 is 0 Å². The smallest absolute Gasteiger partial charge is 0.162 e. The SMILES string of the molecule is CCc1cc(-c2cc(F)cc3c(C)c[nH]c23)c(F)c2c1NC(C)(C)c1nnc(C)n1-2. The number of benzene rings is 2. The molecule has 0 saturated carbocycles. The molecule has 0 fully saturated rings. The molecule has 154 valence electrons. The van der Waals surface area contributed by atoms with Gasteiger partial charge < -0.3 is 10.3 Å². The Morgan fingerprint density at radius 2 is 1.83 bits per heavy atom. The molecule has 0 unspecified atom stereocenters. The first kappa shape index (κ1) is 18.8. The third-order valence-corrected chi connectivity index (χ3v) is 6.00. The fourth-order valence-electron chi connectivity index (χ4n) is 4.47. The zero-order chi connectivity index (χ0) is 21.4. The van der Waals surface area contributed by atoms with Crippen LogP contribution in [0.1, 0.15) is 43.5 Å². The maximum atomic E-state index is 16.2. The Bertz CT molecular complexity index is 1330. The van der Waals surface area contributed by atoms with E-state index in [1.165, 1.54) is 12.1 Å². The minimum Gasteiger partial charge on any atom is -0.371 e. The first-order valence-corrected chi connectivity index (χ1v) is 10.1. The van der Waals surface area contributed by atoms with Gasteiger partial charge in [0.15, 0.2) is 11.6 Å². The molecule has 2 aromatic heterocycles. The van der Waals surface area contributed by atoms with Crippen LogP contribution in [-0.2, 0) is 12.0 Å². The summed E-state index contributed by atoms with van der Waals surface area (Å²) in [6, 6.07) is 4.70. The highest BCUT2D eigenvalue weighted by Gasteiger charge is 2.37. The molecule has 0 radical (unpaired) electrons. The summed E-state index contributed by atoms with van der Waals surface area (Å²) in [7, 11) is 0. The number of nitrogens with zero attached hydrogens (tertiary/aromatic N) is 3. The molecule has 0 amide bonds. The summed E-state index contributed by atoms with van der Waals surface area (Å²) >= 11 is 0. The standard InChI is InChI=1S/C23H23F2N5/c1-6-13-7-16(17-9-14(24)8-15-11(2)10-26-20(15)17)18(25)21-19(13)27-23(4,5)22-29-28-12(3)30(21)22/h7-10,26-27H,6H2,1-5H3. The second kappa shape index (κ2) is 6.14. The van der Waals surface area contributed by atoms with Crippen molar-refractivity contribution >= 4 is 16.6 Å². The summed E-state index contributed by atoms with van der Waals surface area (Å²) in [6.45, 7) is 9.74. The minimum absolute atomic E-state index is 0.359. The maximum Gasteiger partial charge on any atom is 0.162 e. The van der Waals surface area contributed by atoms with Gasteiger partial charge in [-0.1, -0.05) is 6.92 Å². The van der Waals surface area contributed by atoms with Gasteiger partial charge >= 0.3 is 0 Å². The Morgan fingerprint density at radius 1 is 1.07 bits per heavy atom. The molecule has 7 heteroatoms. The van der Waals surface area contributed by atoms with Crippen molar-refractivity contribution in [3.8, 4) is 16.8 Å². The quantitative estimate of drug-likeness (QED) is 0.459. The van der Waals surface area contributed by atoms with Crippen LogP contribution in [0.2, 0.25) is 0 Å². The van der Waals surface area contributed by atoms with Crippen LogP contribution in [0.3, 0.4) is 0 Å². The number of hydrogen-bond acceptors (Lipinski definition) is 3. The van der Waals surface area contributed by atoms with E-state index < -0.39 is 17.2 Å². The molecule has 0 atom stereocenters. The summed E-state index contributed by atoms with van der Waals surface area (Å²) in [4.78, 5) is 3.19. The van der Waals surface area contributed by atoms with E-state index in [1.807, 2.05) is 46.9 Å². The second-order valence-corrected chi connectivity index (χ2v) is 8.48. The highest BCUT2D eigenvalue weighted by Crippen LogP contribution is 2.44. The lowest BCUT2D eigenvalue weighted by molar-refractivity contribution is 0.521. The number of rotatable bonds is 2. The highest BCUT2D eigenvalue weighted by molar-refractivity contribution is 5.97. The Morgan fingerprint density at radius 3 is 2.57 bits per heavy atom. The van der Waals surface area contributed by atoms with Crippen LogP contribution in [0.25, 0.3) is 27.7 Å². The van der Waals surface area contributed by atoms with Crippen molar-refractivity contribution in [2.45, 2.75) is 46.6 Å². The van der Waals surface area contributed by atoms with E-state index in [9.17, 15) is 4.39 Å². The molecule has 5 rings (SSSR count). The van der Waals surface area contributed by atoms with Crippen LogP contribution in [0.4, 0.5) is 14.5 Å². The lowest BCUT2D eigenvalue weighted by Gasteiger charge is -2.35. The number of nitrogens with one attached hydrogen (secondary N) is 2. The first-order chi connectivity index (χ1) is 14.2. The second-order valence-electron chi connectivity index (χ2n) is 8.48. The molecule has 4 aromatic rings. The van der Waals surface area contributed by atoms with Gasteiger partial charge in [0.2, 0.25) is 0 Å². The van der Waals surface area contributed by atoms with Crippen molar-refractivity contribution in [3.63, 3.8) is 0 Å². The van der Waals surface area contributed by atoms with Crippen LogP contribution in [0, 0.1) is 25.5 Å². The first-order valence-electron chi connectivity index (χ1n) is 10.1. The number of halogens is 2. The van der Waals surface area contributed by atoms with Gasteiger partial charge in [-0.25, -0.2) is 8.78 Å². The third kappa shape index (κ3) is 2.44. The molecule has 2 N–H and O–H groups in total. The average Bonchev–Trinajstić information content (AvgIpc) is 3.25. The molecule has 0 spiro atoms. The number of hydrogen-bond donors (Lipinski definition) is 2. The topological polar surface area (TPSA) is 58.5 Å². The normalized spacial score (nSPS) is 14.5. The minimum atomic E-state index is -0.505. The summed E-state index contributed by atoms with van der Waals surface area (Å²) in [5.41, 5.74) is 4.07. The maximum absolute atomic E-state index is 16.2. The summed E-state index contributed by atoms with van der Waals surface area (Å²) in [5.74, 6) is 0.439. The van der Waals surface area contributed by atoms with Gasteiger partial charge in [0.25, 0.3) is 0 Å². The van der Waals surface area contributed by atoms with Gasteiger partial charge in [0.1, 0.15) is 17.3 Å². The Kier molecular flexibility index (Phi) is 3.84. The molecular weight excluding hydrogens is 384 g/mol. The van der Waals surface area contributed by atoms with Crippen LogP contribution in [0.5, 0.6) is 0 Å².